The van der Waals surface area contributed by atoms with Crippen LogP contribution in [0.3, 0.4) is 0 Å². The Labute approximate surface area is 336 Å². The number of furan rings is 2. The minimum Gasteiger partial charge on any atom is -0.464 e. The van der Waals surface area contributed by atoms with E-state index in [-0.39, 0.29) is 10.6 Å². The summed E-state index contributed by atoms with van der Waals surface area (Å²) in [6, 6.07) is 26.7. The second-order valence-electron chi connectivity index (χ2n) is 9.66. The molecule has 0 aliphatic heterocycles. The molecule has 14 heteroatoms. The maximum Gasteiger partial charge on any atom is 0.332 e. The summed E-state index contributed by atoms with van der Waals surface area (Å²) in [5.41, 5.74) is 4.93. The van der Waals surface area contributed by atoms with E-state index >= 15 is 0 Å². The summed E-state index contributed by atoms with van der Waals surface area (Å²) >= 11 is 11.2. The summed E-state index contributed by atoms with van der Waals surface area (Å²) in [4.78, 5) is 18.0. The second-order valence-corrected chi connectivity index (χ2v) is 12.7. The van der Waals surface area contributed by atoms with Gasteiger partial charge in [-0.05, 0) is 73.1 Å². The maximum absolute atomic E-state index is 11.1. The lowest BCUT2D eigenvalue weighted by molar-refractivity contribution is -0.384. The lowest BCUT2D eigenvalue weighted by Gasteiger charge is -2.12. The van der Waals surface area contributed by atoms with Crippen LogP contribution < -0.4 is 0 Å². The van der Waals surface area contributed by atoms with Gasteiger partial charge in [-0.2, -0.15) is 0 Å². The van der Waals surface area contributed by atoms with Gasteiger partial charge in [0.2, 0.25) is 5.71 Å². The van der Waals surface area contributed by atoms with Gasteiger partial charge in [-0.25, -0.2) is 0 Å². The first-order valence-corrected chi connectivity index (χ1v) is 22.3. The Kier molecular flexibility index (Phi) is 18.7. The van der Waals surface area contributed by atoms with Crippen molar-refractivity contribution in [2.24, 2.45) is 0 Å². The van der Waals surface area contributed by atoms with E-state index in [1.54, 1.807) is 18.4 Å². The molecule has 0 amide bonds. The number of alkyl halides is 2. The zero-order chi connectivity index (χ0) is 36.6. The normalized spacial score (nSPS) is 10.5. The van der Waals surface area contributed by atoms with Crippen molar-refractivity contribution < 1.29 is 27.3 Å². The van der Waals surface area contributed by atoms with Crippen LogP contribution in [0, 0.1) is 10.1 Å². The number of nitrogens with zero attached hydrogens (tertiary/aromatic N) is 1. The van der Waals surface area contributed by atoms with Gasteiger partial charge in [-0.3, -0.25) is 10.1 Å². The largest absolute Gasteiger partial charge is 0.464 e. The fourth-order valence-corrected chi connectivity index (χ4v) is 6.43. The zero-order valence-electron chi connectivity index (χ0n) is 28.0. The van der Waals surface area contributed by atoms with Crippen molar-refractivity contribution in [1.29, 1.82) is 0 Å². The molecule has 0 fully saturated rings. The first-order valence-electron chi connectivity index (χ1n) is 15.3. The average Bonchev–Trinajstić information content (AvgIpc) is 3.83. The summed E-state index contributed by atoms with van der Waals surface area (Å²) < 4.78 is 28.5. The molecule has 0 unspecified atom stereocenters. The van der Waals surface area contributed by atoms with Gasteiger partial charge in [-0.1, -0.05) is 113 Å². The number of H-pyrrole nitrogens is 1. The van der Waals surface area contributed by atoms with Crippen LogP contribution in [0.4, 0.5) is 5.69 Å². The number of nitro groups is 1. The van der Waals surface area contributed by atoms with Crippen LogP contribution in [-0.2, 0) is 13.6 Å². The molecule has 9 nitrogen and oxygen atoms in total. The molecule has 0 radical (unpaired) electrons. The van der Waals surface area contributed by atoms with Crippen molar-refractivity contribution in [2.45, 2.75) is 20.8 Å². The lowest BCUT2D eigenvalue weighted by Crippen LogP contribution is -1.94. The number of nitrogens with one attached hydrogen (secondary N) is 1. The van der Waals surface area contributed by atoms with Crippen molar-refractivity contribution in [3.63, 3.8) is 0 Å². The Bertz CT molecular complexity index is 2090. The number of hydrogen-bond acceptors (Lipinski definition) is 7. The summed E-state index contributed by atoms with van der Waals surface area (Å²) in [6.45, 7) is 7.71. The van der Waals surface area contributed by atoms with Gasteiger partial charge in [0.25, 0.3) is 5.69 Å². The van der Waals surface area contributed by atoms with Gasteiger partial charge in [-0.15, -0.1) is 0 Å². The highest BCUT2D eigenvalue weighted by Gasteiger charge is 2.19. The maximum atomic E-state index is 11.1. The van der Waals surface area contributed by atoms with Gasteiger partial charge in [0.15, 0.2) is 0 Å². The fourth-order valence-electron chi connectivity index (χ4n) is 4.85. The Morgan fingerprint density at radius 1 is 0.740 bits per heavy atom. The first-order chi connectivity index (χ1) is 24.3. The van der Waals surface area contributed by atoms with Gasteiger partial charge in [0, 0.05) is 42.3 Å². The van der Waals surface area contributed by atoms with Gasteiger partial charge in [0.1, 0.15) is 11.2 Å². The molecule has 7 aromatic rings. The summed E-state index contributed by atoms with van der Waals surface area (Å²) in [7, 11) is -1.06. The molecule has 7 rings (SSSR count). The third-order valence-corrected chi connectivity index (χ3v) is 9.12. The molecule has 50 heavy (non-hydrogen) atoms. The minimum atomic E-state index is -1.06. The van der Waals surface area contributed by atoms with Crippen LogP contribution >= 0.6 is 85.6 Å². The topological polar surface area (TPSA) is 113 Å². The highest BCUT2D eigenvalue weighted by Crippen LogP contribution is 2.39. The van der Waals surface area contributed by atoms with Crippen LogP contribution in [-0.4, -0.2) is 39.6 Å². The number of fused-ring (bicyclic) bond motifs is 6. The van der Waals surface area contributed by atoms with Crippen LogP contribution in [0.1, 0.15) is 20.8 Å². The zero-order valence-corrected chi connectivity index (χ0v) is 36.4. The number of aromatic nitrogens is 1. The number of aromatic amines is 1. The van der Waals surface area contributed by atoms with Gasteiger partial charge < -0.3 is 27.4 Å². The molecular formula is C36H37Br2I2N2O7P. The van der Waals surface area contributed by atoms with Crippen LogP contribution in [0.25, 0.3) is 55.1 Å². The van der Waals surface area contributed by atoms with E-state index < -0.39 is 8.60 Å². The molecule has 0 aliphatic rings. The Balaban J connectivity index is 0.000000202. The summed E-state index contributed by atoms with van der Waals surface area (Å²) in [5.74, 6) is 0. The number of para-hydroxylation sites is 2. The molecule has 266 valence electrons. The Morgan fingerprint density at radius 3 is 1.92 bits per heavy atom. The molecule has 0 bridgehead atoms. The molecule has 0 spiro atoms. The highest BCUT2D eigenvalue weighted by atomic mass is 127. The minimum absolute atomic E-state index is 0.0646. The number of rotatable bonds is 8. The van der Waals surface area contributed by atoms with E-state index in [1.165, 1.54) is 11.5 Å². The summed E-state index contributed by atoms with van der Waals surface area (Å²) in [6.07, 6.45) is 1.56. The first kappa shape index (κ1) is 42.3. The van der Waals surface area contributed by atoms with Crippen molar-refractivity contribution in [2.75, 3.05) is 29.7 Å². The van der Waals surface area contributed by atoms with E-state index in [1.807, 2.05) is 79.2 Å². The SMILES string of the molecule is Brc1ccc2[nH]c3oc4ccccc4c3c2c1.CCOP(OCC)OCC.CI.CI.O=[N+]([O-])c1ccc(Br)cc1-c1coc2ccccc12. The van der Waals surface area contributed by atoms with E-state index in [0.29, 0.717) is 31.0 Å². The number of halogens is 4. The molecule has 3 aromatic heterocycles. The molecule has 0 saturated heterocycles. The third-order valence-electron chi connectivity index (χ3n) is 6.72. The molecule has 0 aliphatic carbocycles. The predicted octanol–water partition coefficient (Wildman–Crippen LogP) is 14.0. The molecule has 3 heterocycles. The standard InChI is InChI=1S/C14H8BrNO3.C14H8BrNO.C6H15O3P.2CH3I/c15-9-5-6-13(16(17)18)11(7-9)12-8-19-14-4-2-1-3-10(12)14;15-8-5-6-11-10(7-8)13-9-3-1-2-4-12(9)17-14(13)16-11;1-4-7-10(8-5-2)9-6-3;2*1-2/h1-8H;1-7,16H;4-6H2,1-3H3;2*1H3. The fraction of sp³-hybridized carbons (Fsp3) is 0.222. The van der Waals surface area contributed by atoms with Crippen molar-refractivity contribution in [3.8, 4) is 11.1 Å². The number of hydrogen-bond donors (Lipinski definition) is 1. The molecule has 1 N–H and O–H groups in total. The van der Waals surface area contributed by atoms with Crippen molar-refractivity contribution >= 4 is 135 Å². The van der Waals surface area contributed by atoms with Crippen molar-refractivity contribution in [3.05, 3.63) is 110 Å². The molecule has 0 saturated carbocycles. The van der Waals surface area contributed by atoms with Crippen LogP contribution in [0.2, 0.25) is 0 Å². The van der Waals surface area contributed by atoms with E-state index in [9.17, 15) is 10.1 Å². The molecule has 4 aromatic carbocycles. The van der Waals surface area contributed by atoms with Crippen molar-refractivity contribution in [1.82, 2.24) is 4.98 Å². The quantitative estimate of drug-likeness (QED) is 0.0530. The Morgan fingerprint density at radius 2 is 1.30 bits per heavy atom. The van der Waals surface area contributed by atoms with E-state index in [4.69, 9.17) is 22.4 Å². The van der Waals surface area contributed by atoms with Crippen LogP contribution in [0.15, 0.2) is 109 Å². The molecule has 0 atom stereocenters. The lowest BCUT2D eigenvalue weighted by atomic mass is 10.0. The summed E-state index contributed by atoms with van der Waals surface area (Å²) in [5, 5.41) is 15.5. The smallest absolute Gasteiger partial charge is 0.332 e. The van der Waals surface area contributed by atoms with E-state index in [0.717, 1.165) is 47.5 Å². The van der Waals surface area contributed by atoms with E-state index in [2.05, 4.69) is 100 Å². The average molecular weight is 1050 g/mol. The predicted molar refractivity (Wildman–Crippen MR) is 231 cm³/mol. The second kappa shape index (κ2) is 22.1. The number of nitro benzene ring substituents is 1. The number of benzene rings is 4. The highest BCUT2D eigenvalue weighted by molar-refractivity contribution is 14.1. The monoisotopic (exact) mass is 1050 g/mol. The van der Waals surface area contributed by atoms with Gasteiger partial charge in [0.05, 0.1) is 42.0 Å². The van der Waals surface area contributed by atoms with Crippen LogP contribution in [0.5, 0.6) is 0 Å². The molecular weight excluding hydrogens is 1020 g/mol. The Hall–Kier alpha value is -2.11. The van der Waals surface area contributed by atoms with Gasteiger partial charge >= 0.3 is 8.60 Å². The third kappa shape index (κ3) is 11.0.